The second kappa shape index (κ2) is 10.5. The summed E-state index contributed by atoms with van der Waals surface area (Å²) in [5.74, 6) is -3.23. The van der Waals surface area contributed by atoms with Crippen molar-refractivity contribution in [2.75, 3.05) is 19.6 Å². The molecule has 0 aromatic heterocycles. The van der Waals surface area contributed by atoms with Crippen LogP contribution in [0, 0.1) is 10.1 Å². The molecule has 0 heterocycles. The number of nitro groups is 1. The summed E-state index contributed by atoms with van der Waals surface area (Å²) in [6.07, 6.45) is -0.0976. The number of nitrogens with one attached hydrogen (secondary N) is 3. The smallest absolute Gasteiger partial charge is 0.326 e. The first-order valence-electron chi connectivity index (χ1n) is 7.72. The van der Waals surface area contributed by atoms with Gasteiger partial charge in [-0.15, -0.1) is 0 Å². The predicted molar refractivity (Wildman–Crippen MR) is 91.4 cm³/mol. The Kier molecular flexibility index (Phi) is 8.32. The minimum Gasteiger partial charge on any atom is -0.480 e. The Hall–Kier alpha value is -3.54. The molecule has 1 rings (SSSR count). The number of carboxylic acids is 1. The number of nitrogens with zero attached hydrogens (tertiary/aromatic N) is 1. The molecule has 6 N–H and O–H groups in total. The van der Waals surface area contributed by atoms with Crippen LogP contribution in [0.3, 0.4) is 0 Å². The average molecular weight is 381 g/mol. The molecule has 0 bridgehead atoms. The number of nitrogens with two attached hydrogens (primary N) is 1. The van der Waals surface area contributed by atoms with Gasteiger partial charge in [-0.3, -0.25) is 24.5 Å². The number of aliphatic carboxylic acids is 1. The number of carbonyl (C=O) groups is 4. The molecule has 0 aliphatic rings. The summed E-state index contributed by atoms with van der Waals surface area (Å²) in [5.41, 5.74) is 5.39. The van der Waals surface area contributed by atoms with Gasteiger partial charge in [0.1, 0.15) is 6.04 Å². The van der Waals surface area contributed by atoms with Crippen molar-refractivity contribution in [3.05, 3.63) is 39.9 Å². The van der Waals surface area contributed by atoms with E-state index in [1.54, 1.807) is 0 Å². The topological polar surface area (TPSA) is 194 Å². The van der Waals surface area contributed by atoms with E-state index >= 15 is 0 Å². The van der Waals surface area contributed by atoms with Gasteiger partial charge in [-0.1, -0.05) is 12.1 Å². The first-order valence-corrected chi connectivity index (χ1v) is 7.72. The average Bonchev–Trinajstić information content (AvgIpc) is 2.64. The van der Waals surface area contributed by atoms with E-state index in [1.807, 2.05) is 0 Å². The number of non-ortho nitro benzene ring substituents is 1. The van der Waals surface area contributed by atoms with E-state index < -0.39 is 41.2 Å². The van der Waals surface area contributed by atoms with Crippen molar-refractivity contribution in [2.45, 2.75) is 12.5 Å². The van der Waals surface area contributed by atoms with Crippen molar-refractivity contribution >= 4 is 29.4 Å². The van der Waals surface area contributed by atoms with Gasteiger partial charge < -0.3 is 26.8 Å². The first-order chi connectivity index (χ1) is 12.7. The zero-order chi connectivity index (χ0) is 20.4. The highest BCUT2D eigenvalue weighted by molar-refractivity contribution is 5.90. The van der Waals surface area contributed by atoms with Crippen LogP contribution in [-0.2, 0) is 25.6 Å². The molecule has 0 saturated heterocycles. The molecule has 3 amide bonds. The molecule has 12 heteroatoms. The lowest BCUT2D eigenvalue weighted by Crippen LogP contribution is -2.48. The fourth-order valence-corrected chi connectivity index (χ4v) is 1.93. The molecular formula is C15H19N5O7. The van der Waals surface area contributed by atoms with E-state index in [-0.39, 0.29) is 25.2 Å². The lowest BCUT2D eigenvalue weighted by molar-refractivity contribution is -0.384. The molecule has 1 aromatic rings. The molecule has 12 nitrogen and oxygen atoms in total. The van der Waals surface area contributed by atoms with Gasteiger partial charge in [0, 0.05) is 18.6 Å². The van der Waals surface area contributed by atoms with Crippen molar-refractivity contribution in [3.63, 3.8) is 0 Å². The summed E-state index contributed by atoms with van der Waals surface area (Å²) in [5, 5.41) is 26.5. The Bertz CT molecular complexity index is 720. The number of rotatable bonds is 10. The van der Waals surface area contributed by atoms with Crippen molar-refractivity contribution in [3.8, 4) is 0 Å². The van der Waals surface area contributed by atoms with E-state index in [0.29, 0.717) is 5.56 Å². The van der Waals surface area contributed by atoms with Crippen LogP contribution in [-0.4, -0.2) is 59.4 Å². The Balaban J connectivity index is 2.52. The number of hydrogen-bond donors (Lipinski definition) is 5. The van der Waals surface area contributed by atoms with Crippen molar-refractivity contribution in [2.24, 2.45) is 5.73 Å². The molecule has 0 unspecified atom stereocenters. The largest absolute Gasteiger partial charge is 0.480 e. The van der Waals surface area contributed by atoms with Crippen LogP contribution in [0.1, 0.15) is 5.56 Å². The van der Waals surface area contributed by atoms with Gasteiger partial charge in [-0.25, -0.2) is 4.79 Å². The zero-order valence-corrected chi connectivity index (χ0v) is 14.1. The quantitative estimate of drug-likeness (QED) is 0.224. The predicted octanol–water partition coefficient (Wildman–Crippen LogP) is -2.10. The van der Waals surface area contributed by atoms with E-state index in [2.05, 4.69) is 16.0 Å². The van der Waals surface area contributed by atoms with Crippen LogP contribution < -0.4 is 21.7 Å². The number of amides is 3. The molecule has 146 valence electrons. The van der Waals surface area contributed by atoms with Crippen LogP contribution in [0.2, 0.25) is 0 Å². The Morgan fingerprint density at radius 1 is 1.04 bits per heavy atom. The molecule has 0 spiro atoms. The summed E-state index contributed by atoms with van der Waals surface area (Å²) in [6, 6.07) is 3.95. The summed E-state index contributed by atoms with van der Waals surface area (Å²) >= 11 is 0. The van der Waals surface area contributed by atoms with Crippen LogP contribution in [0.15, 0.2) is 24.3 Å². The number of carboxylic acid groups (broad SMARTS) is 1. The van der Waals surface area contributed by atoms with Crippen LogP contribution >= 0.6 is 0 Å². The second-order valence-corrected chi connectivity index (χ2v) is 5.34. The molecule has 0 saturated carbocycles. The molecule has 1 aromatic carbocycles. The number of carbonyl (C=O) groups excluding carboxylic acids is 3. The maximum Gasteiger partial charge on any atom is 0.326 e. The van der Waals surface area contributed by atoms with E-state index in [4.69, 9.17) is 5.73 Å². The number of nitro benzene ring substituents is 1. The van der Waals surface area contributed by atoms with Gasteiger partial charge in [0.2, 0.25) is 17.7 Å². The molecular weight excluding hydrogens is 362 g/mol. The number of benzene rings is 1. The molecule has 0 aliphatic carbocycles. The molecule has 1 atom stereocenters. The van der Waals surface area contributed by atoms with E-state index in [0.717, 1.165) is 0 Å². The minimum atomic E-state index is -1.30. The second-order valence-electron chi connectivity index (χ2n) is 5.34. The SMILES string of the molecule is NCC(=O)NCC(=O)NCC(=O)N[C@@H](Cc1ccc([N+](=O)[O-])cc1)C(=O)O. The minimum absolute atomic E-state index is 0.0976. The van der Waals surface area contributed by atoms with Crippen molar-refractivity contribution in [1.82, 2.24) is 16.0 Å². The first kappa shape index (κ1) is 21.5. The maximum atomic E-state index is 11.8. The Labute approximate surface area is 153 Å². The standard InChI is InChI=1S/C15H19N5O7/c16-6-12(21)17-7-13(22)18-8-14(23)19-11(15(24)25)5-9-1-3-10(4-2-9)20(26)27/h1-4,11H,5-8,16H2,(H,17,21)(H,18,22)(H,19,23)(H,24,25)/t11-/m0/s1. The highest BCUT2D eigenvalue weighted by Crippen LogP contribution is 2.13. The Morgan fingerprint density at radius 3 is 2.11 bits per heavy atom. The maximum absolute atomic E-state index is 11.8. The van der Waals surface area contributed by atoms with Crippen LogP contribution in [0.4, 0.5) is 5.69 Å². The van der Waals surface area contributed by atoms with Crippen molar-refractivity contribution in [1.29, 1.82) is 0 Å². The monoisotopic (exact) mass is 381 g/mol. The number of hydrogen-bond acceptors (Lipinski definition) is 7. The van der Waals surface area contributed by atoms with Gasteiger partial charge in [-0.05, 0) is 5.56 Å². The molecule has 0 fully saturated rings. The van der Waals surface area contributed by atoms with E-state index in [1.165, 1.54) is 24.3 Å². The van der Waals surface area contributed by atoms with Gasteiger partial charge in [-0.2, -0.15) is 0 Å². The van der Waals surface area contributed by atoms with Gasteiger partial charge >= 0.3 is 5.97 Å². The molecule has 0 aliphatic heterocycles. The zero-order valence-electron chi connectivity index (χ0n) is 14.1. The third-order valence-electron chi connectivity index (χ3n) is 3.30. The third kappa shape index (κ3) is 7.92. The van der Waals surface area contributed by atoms with Crippen LogP contribution in [0.5, 0.6) is 0 Å². The highest BCUT2D eigenvalue weighted by atomic mass is 16.6. The fraction of sp³-hybridized carbons (Fsp3) is 0.333. The summed E-state index contributed by atoms with van der Waals surface area (Å²) in [4.78, 5) is 55.5. The van der Waals surface area contributed by atoms with Crippen LogP contribution in [0.25, 0.3) is 0 Å². The summed E-state index contributed by atoms with van der Waals surface area (Å²) in [7, 11) is 0. The normalized spacial score (nSPS) is 11.1. The van der Waals surface area contributed by atoms with Gasteiger partial charge in [0.05, 0.1) is 24.6 Å². The van der Waals surface area contributed by atoms with Gasteiger partial charge in [0.15, 0.2) is 0 Å². The highest BCUT2D eigenvalue weighted by Gasteiger charge is 2.21. The lowest BCUT2D eigenvalue weighted by atomic mass is 10.1. The van der Waals surface area contributed by atoms with Gasteiger partial charge in [0.25, 0.3) is 5.69 Å². The molecule has 0 radical (unpaired) electrons. The van der Waals surface area contributed by atoms with Crippen molar-refractivity contribution < 1.29 is 29.2 Å². The summed E-state index contributed by atoms with van der Waals surface area (Å²) < 4.78 is 0. The summed E-state index contributed by atoms with van der Waals surface area (Å²) in [6.45, 7) is -1.13. The lowest BCUT2D eigenvalue weighted by Gasteiger charge is -2.15. The third-order valence-corrected chi connectivity index (χ3v) is 3.30. The Morgan fingerprint density at radius 2 is 1.59 bits per heavy atom. The molecule has 27 heavy (non-hydrogen) atoms. The van der Waals surface area contributed by atoms with E-state index in [9.17, 15) is 34.4 Å². The fourth-order valence-electron chi connectivity index (χ4n) is 1.93.